The highest BCUT2D eigenvalue weighted by Crippen LogP contribution is 2.42. The van der Waals surface area contributed by atoms with E-state index in [1.54, 1.807) is 32.5 Å². The number of carbonyl (C=O) groups is 2. The first-order chi connectivity index (χ1) is 41.4. The van der Waals surface area contributed by atoms with Crippen molar-refractivity contribution in [2.24, 2.45) is 22.1 Å². The first kappa shape index (κ1) is 68.1. The molecular weight excluding hydrogens is 1100 g/mol. The van der Waals surface area contributed by atoms with Gasteiger partial charge in [0, 0.05) is 50.9 Å². The maximum absolute atomic E-state index is 13.5. The number of thiazole rings is 2. The number of unbranched alkanes of at least 4 members (excludes halogenated alkanes) is 13. The van der Waals surface area contributed by atoms with Gasteiger partial charge >= 0.3 is 5.97 Å². The van der Waals surface area contributed by atoms with Crippen LogP contribution < -0.4 is 35.2 Å². The van der Waals surface area contributed by atoms with Gasteiger partial charge in [0.05, 0.1) is 70.6 Å². The van der Waals surface area contributed by atoms with Crippen LogP contribution in [0.5, 0.6) is 11.5 Å². The van der Waals surface area contributed by atoms with E-state index in [9.17, 15) is 9.59 Å². The van der Waals surface area contributed by atoms with Crippen LogP contribution in [0.2, 0.25) is 0 Å². The maximum atomic E-state index is 13.5. The van der Waals surface area contributed by atoms with Crippen LogP contribution in [0, 0.1) is 18.8 Å². The number of methoxy groups -OCH3 is 2. The van der Waals surface area contributed by atoms with Crippen molar-refractivity contribution < 1.29 is 23.8 Å². The molecule has 2 aromatic heterocycles. The molecular formula is C69H103N9O5S2. The van der Waals surface area contributed by atoms with Crippen LogP contribution in [0.25, 0.3) is 20.4 Å². The molecule has 6 rings (SSSR count). The normalized spacial score (nSPS) is 12.3. The lowest BCUT2D eigenvalue weighted by Crippen LogP contribution is -2.27. The van der Waals surface area contributed by atoms with Gasteiger partial charge in [-0.15, -0.1) is 10.2 Å². The molecule has 14 nitrogen and oxygen atoms in total. The van der Waals surface area contributed by atoms with E-state index in [1.165, 1.54) is 105 Å². The first-order valence-electron chi connectivity index (χ1n) is 32.4. The number of azo groups is 1. The number of ether oxygens (including phenoxy) is 3. The molecule has 2 unspecified atom stereocenters. The van der Waals surface area contributed by atoms with E-state index in [4.69, 9.17) is 24.2 Å². The van der Waals surface area contributed by atoms with Crippen molar-refractivity contribution >= 4 is 93.7 Å². The summed E-state index contributed by atoms with van der Waals surface area (Å²) in [5.74, 6) is 1.83. The van der Waals surface area contributed by atoms with Crippen LogP contribution >= 0.6 is 22.7 Å². The van der Waals surface area contributed by atoms with E-state index in [0.29, 0.717) is 47.2 Å². The smallest absolute Gasteiger partial charge is 0.338 e. The van der Waals surface area contributed by atoms with Crippen molar-refractivity contribution in [2.45, 2.75) is 203 Å². The van der Waals surface area contributed by atoms with Gasteiger partial charge in [-0.3, -0.25) is 4.79 Å². The fraction of sp³-hybridized carbons (Fsp3) is 0.594. The van der Waals surface area contributed by atoms with Crippen molar-refractivity contribution in [1.29, 1.82) is 0 Å². The molecule has 0 aliphatic rings. The van der Waals surface area contributed by atoms with Gasteiger partial charge < -0.3 is 40.0 Å². The number of esters is 1. The Morgan fingerprint density at radius 2 is 1.25 bits per heavy atom. The largest absolute Gasteiger partial charge is 0.494 e. The lowest BCUT2D eigenvalue weighted by molar-refractivity contribution is -0.114. The molecule has 0 fully saturated rings. The molecule has 466 valence electrons. The number of hydrogen-bond donors (Lipinski definition) is 3. The highest BCUT2D eigenvalue weighted by molar-refractivity contribution is 7.22. The number of carbonyl (C=O) groups excluding carboxylic acids is 2. The number of hydrogen-bond acceptors (Lipinski definition) is 15. The summed E-state index contributed by atoms with van der Waals surface area (Å²) in [6.45, 7) is 21.9. The number of amides is 1. The molecule has 0 saturated carbocycles. The van der Waals surface area contributed by atoms with Crippen LogP contribution in [0.15, 0.2) is 70.9 Å². The van der Waals surface area contributed by atoms with E-state index in [-0.39, 0.29) is 11.9 Å². The Kier molecular flexibility index (Phi) is 30.1. The number of nitrogens with one attached hydrogen (secondary N) is 3. The molecule has 0 bridgehead atoms. The summed E-state index contributed by atoms with van der Waals surface area (Å²) in [7, 11) is 3.40. The maximum Gasteiger partial charge on any atom is 0.338 e. The molecule has 0 radical (unpaired) electrons. The molecule has 16 heteroatoms. The number of nitrogens with zero attached hydrogens (tertiary/aromatic N) is 6. The molecule has 1 amide bonds. The van der Waals surface area contributed by atoms with Crippen molar-refractivity contribution in [2.75, 3.05) is 79.4 Å². The summed E-state index contributed by atoms with van der Waals surface area (Å²) >= 11 is 3.07. The van der Waals surface area contributed by atoms with Gasteiger partial charge in [-0.05, 0) is 117 Å². The Bertz CT molecular complexity index is 2970. The van der Waals surface area contributed by atoms with Gasteiger partial charge in [0.1, 0.15) is 17.2 Å². The van der Waals surface area contributed by atoms with Crippen molar-refractivity contribution in [3.63, 3.8) is 0 Å². The zero-order chi connectivity index (χ0) is 60.8. The quantitative estimate of drug-likeness (QED) is 0.0145. The second kappa shape index (κ2) is 37.5. The summed E-state index contributed by atoms with van der Waals surface area (Å²) in [6, 6.07) is 20.4. The highest BCUT2D eigenvalue weighted by atomic mass is 32.1. The van der Waals surface area contributed by atoms with Gasteiger partial charge in [0.2, 0.25) is 11.0 Å². The molecule has 4 aromatic carbocycles. The third kappa shape index (κ3) is 22.3. The zero-order valence-electron chi connectivity index (χ0n) is 53.5. The standard InChI is InChI=1S/C69H103N9O5S2/c1-11-16-20-23-24-25-31-54-34-36-56-65(43-54)85-69(74-56)76-75-60-46-64(82-10)62(47-63(60)81-9)78(38-19-14-4)41-29-26-30-50(6)32-33-53(15-5)48-83-67(80)55-35-37-57-66(44-55)84-68(73-57)71-49-70-58-42-51(7)61(45-59(58)72-52(8)79)77(39-27-21-17-12-2)40-28-22-18-13-3/h34-37,42-47,50,53,70H,11-33,38-41,48-49H2,1-10H3,(H,71,73)(H,72,79). The van der Waals surface area contributed by atoms with E-state index < -0.39 is 0 Å². The Morgan fingerprint density at radius 3 is 1.94 bits per heavy atom. The zero-order valence-corrected chi connectivity index (χ0v) is 55.1. The van der Waals surface area contributed by atoms with Crippen LogP contribution in [0.4, 0.5) is 38.7 Å². The van der Waals surface area contributed by atoms with Gasteiger partial charge in [-0.25, -0.2) is 14.8 Å². The SMILES string of the molecule is CCCCCCCCc1ccc2nc(N=Nc3cc(OC)c(N(CCCC)CCCCC(C)CCC(CC)COC(=O)c4ccc5nc(NCNc6cc(C)c(N(CCCCCC)CCCCCC)cc6NC(C)=O)sc5c4)cc3OC)sc2c1. The summed E-state index contributed by atoms with van der Waals surface area (Å²) in [4.78, 5) is 40.4. The van der Waals surface area contributed by atoms with E-state index in [2.05, 4.69) is 115 Å². The lowest BCUT2D eigenvalue weighted by atomic mass is 9.92. The van der Waals surface area contributed by atoms with Crippen molar-refractivity contribution in [1.82, 2.24) is 9.97 Å². The Hall–Kier alpha value is -6.00. The molecule has 2 heterocycles. The number of rotatable bonds is 43. The average Bonchev–Trinajstić information content (AvgIpc) is 3.75. The fourth-order valence-corrected chi connectivity index (χ4v) is 12.8. The number of fused-ring (bicyclic) bond motifs is 2. The van der Waals surface area contributed by atoms with Gasteiger partial charge in [0.25, 0.3) is 0 Å². The molecule has 0 aliphatic carbocycles. The summed E-state index contributed by atoms with van der Waals surface area (Å²) in [5, 5.41) is 20.6. The van der Waals surface area contributed by atoms with Crippen LogP contribution in [-0.4, -0.2) is 75.5 Å². The first-order valence-corrected chi connectivity index (χ1v) is 34.1. The van der Waals surface area contributed by atoms with Crippen LogP contribution in [-0.2, 0) is 16.0 Å². The summed E-state index contributed by atoms with van der Waals surface area (Å²) in [6.07, 6.45) is 27.0. The van der Waals surface area contributed by atoms with Gasteiger partial charge in [-0.2, -0.15) is 0 Å². The van der Waals surface area contributed by atoms with Gasteiger partial charge in [-0.1, -0.05) is 173 Å². The monoisotopic (exact) mass is 1200 g/mol. The fourth-order valence-electron chi connectivity index (χ4n) is 11.0. The topological polar surface area (TPSA) is 155 Å². The van der Waals surface area contributed by atoms with Crippen molar-refractivity contribution in [3.05, 3.63) is 77.4 Å². The summed E-state index contributed by atoms with van der Waals surface area (Å²) < 4.78 is 19.9. The third-order valence-corrected chi connectivity index (χ3v) is 18.1. The Balaban J connectivity index is 0.958. The number of benzene rings is 4. The molecule has 3 N–H and O–H groups in total. The van der Waals surface area contributed by atoms with E-state index in [0.717, 1.165) is 145 Å². The second-order valence-corrected chi connectivity index (χ2v) is 25.3. The van der Waals surface area contributed by atoms with E-state index in [1.807, 2.05) is 30.3 Å². The Morgan fingerprint density at radius 1 is 0.612 bits per heavy atom. The van der Waals surface area contributed by atoms with Gasteiger partial charge in [0.15, 0.2) is 5.13 Å². The van der Waals surface area contributed by atoms with E-state index >= 15 is 0 Å². The van der Waals surface area contributed by atoms with Crippen LogP contribution in [0.3, 0.4) is 0 Å². The number of anilines is 5. The Labute approximate surface area is 518 Å². The molecule has 2 atom stereocenters. The van der Waals surface area contributed by atoms with Crippen molar-refractivity contribution in [3.8, 4) is 11.5 Å². The third-order valence-electron chi connectivity index (χ3n) is 16.3. The average molecular weight is 1200 g/mol. The summed E-state index contributed by atoms with van der Waals surface area (Å²) in [5.41, 5.74) is 9.23. The number of aryl methyl sites for hydroxylation is 2. The molecule has 85 heavy (non-hydrogen) atoms. The second-order valence-electron chi connectivity index (χ2n) is 23.3. The minimum Gasteiger partial charge on any atom is -0.494 e. The number of aromatic nitrogens is 2. The molecule has 6 aromatic rings. The predicted molar refractivity (Wildman–Crippen MR) is 362 cm³/mol. The highest BCUT2D eigenvalue weighted by Gasteiger charge is 2.20. The lowest BCUT2D eigenvalue weighted by Gasteiger charge is -2.28. The molecule has 0 aliphatic heterocycles. The predicted octanol–water partition coefficient (Wildman–Crippen LogP) is 20.0. The minimum atomic E-state index is -0.305. The van der Waals surface area contributed by atoms with Crippen LogP contribution in [0.1, 0.15) is 211 Å². The molecule has 0 saturated heterocycles. The molecule has 0 spiro atoms. The minimum absolute atomic E-state index is 0.107.